The van der Waals surface area contributed by atoms with Gasteiger partial charge in [-0.25, -0.2) is 9.59 Å². The number of amides is 1. The van der Waals surface area contributed by atoms with E-state index in [0.717, 1.165) is 0 Å². The van der Waals surface area contributed by atoms with Crippen LogP contribution in [0, 0.1) is 0 Å². The van der Waals surface area contributed by atoms with Crippen LogP contribution in [0.2, 0.25) is 10.0 Å². The van der Waals surface area contributed by atoms with Crippen LogP contribution in [-0.2, 0) is 14.4 Å². The van der Waals surface area contributed by atoms with Crippen molar-refractivity contribution < 1.29 is 24.6 Å². The van der Waals surface area contributed by atoms with Gasteiger partial charge in [0, 0.05) is 26.8 Å². The van der Waals surface area contributed by atoms with Crippen molar-refractivity contribution in [2.24, 2.45) is 0 Å². The highest BCUT2D eigenvalue weighted by Gasteiger charge is 2.29. The predicted molar refractivity (Wildman–Crippen MR) is 88.1 cm³/mol. The largest absolute Gasteiger partial charge is 0.479 e. The first-order valence-electron chi connectivity index (χ1n) is 7.25. The molecular formula is C16H15Cl2NO5. The summed E-state index contributed by atoms with van der Waals surface area (Å²) in [7, 11) is 0. The molecular weight excluding hydrogens is 357 g/mol. The lowest BCUT2D eigenvalue weighted by atomic mass is 9.91. The molecule has 24 heavy (non-hydrogen) atoms. The number of hydrogen-bond acceptors (Lipinski definition) is 3. The Bertz CT molecular complexity index is 729. The van der Waals surface area contributed by atoms with Gasteiger partial charge < -0.3 is 15.5 Å². The molecule has 1 aromatic rings. The van der Waals surface area contributed by atoms with Crippen molar-refractivity contribution in [1.29, 1.82) is 0 Å². The average molecular weight is 372 g/mol. The van der Waals surface area contributed by atoms with Gasteiger partial charge in [0.1, 0.15) is 0 Å². The average Bonchev–Trinajstić information content (AvgIpc) is 2.52. The van der Waals surface area contributed by atoms with Crippen molar-refractivity contribution in [2.75, 3.05) is 0 Å². The Labute approximate surface area is 148 Å². The third kappa shape index (κ3) is 4.07. The van der Waals surface area contributed by atoms with E-state index in [4.69, 9.17) is 23.2 Å². The molecule has 128 valence electrons. The zero-order valence-electron chi connectivity index (χ0n) is 12.5. The second-order valence-corrected chi connectivity index (χ2v) is 6.22. The van der Waals surface area contributed by atoms with Crippen LogP contribution in [0.25, 0.3) is 0 Å². The van der Waals surface area contributed by atoms with Crippen LogP contribution in [0.1, 0.15) is 37.3 Å². The van der Waals surface area contributed by atoms with Gasteiger partial charge in [-0.2, -0.15) is 0 Å². The van der Waals surface area contributed by atoms with Gasteiger partial charge in [0.2, 0.25) is 5.91 Å². The SMILES string of the molecule is O=C(O)C1=C(C(=O)NC(C(=O)O)c2ccc(Cl)cc2Cl)CCCC1. The van der Waals surface area contributed by atoms with E-state index in [1.165, 1.54) is 18.2 Å². The van der Waals surface area contributed by atoms with Crippen LogP contribution in [0.5, 0.6) is 0 Å². The lowest BCUT2D eigenvalue weighted by molar-refractivity contribution is -0.141. The Morgan fingerprint density at radius 1 is 1.04 bits per heavy atom. The second kappa shape index (κ2) is 7.68. The van der Waals surface area contributed by atoms with Crippen LogP contribution < -0.4 is 5.32 Å². The Morgan fingerprint density at radius 2 is 1.67 bits per heavy atom. The summed E-state index contributed by atoms with van der Waals surface area (Å²) in [6.07, 6.45) is 1.95. The number of carbonyl (C=O) groups excluding carboxylic acids is 1. The molecule has 1 aromatic carbocycles. The van der Waals surface area contributed by atoms with Gasteiger partial charge in [-0.1, -0.05) is 29.3 Å². The fraction of sp³-hybridized carbons (Fsp3) is 0.312. The van der Waals surface area contributed by atoms with E-state index in [-0.39, 0.29) is 28.2 Å². The van der Waals surface area contributed by atoms with Gasteiger partial charge in [0.05, 0.1) is 0 Å². The van der Waals surface area contributed by atoms with E-state index in [0.29, 0.717) is 24.3 Å². The summed E-state index contributed by atoms with van der Waals surface area (Å²) in [5.41, 5.74) is 0.324. The van der Waals surface area contributed by atoms with Crippen molar-refractivity contribution in [3.63, 3.8) is 0 Å². The standard InChI is InChI=1S/C16H15Cl2NO5/c17-8-5-6-11(12(18)7-8)13(16(23)24)19-14(20)9-3-1-2-4-10(9)15(21)22/h5-7,13H,1-4H2,(H,19,20)(H,21,22)(H,23,24). The number of aliphatic carboxylic acids is 2. The molecule has 1 aliphatic rings. The van der Waals surface area contributed by atoms with Gasteiger partial charge in [-0.3, -0.25) is 4.79 Å². The van der Waals surface area contributed by atoms with Gasteiger partial charge in [0.15, 0.2) is 6.04 Å². The van der Waals surface area contributed by atoms with Crippen LogP contribution in [0.4, 0.5) is 0 Å². The minimum atomic E-state index is -1.40. The topological polar surface area (TPSA) is 104 Å². The lowest BCUT2D eigenvalue weighted by Gasteiger charge is -2.21. The summed E-state index contributed by atoms with van der Waals surface area (Å²) in [6, 6.07) is 2.86. The lowest BCUT2D eigenvalue weighted by Crippen LogP contribution is -2.36. The van der Waals surface area contributed by atoms with Crippen molar-refractivity contribution in [2.45, 2.75) is 31.7 Å². The second-order valence-electron chi connectivity index (χ2n) is 5.38. The minimum absolute atomic E-state index is 0.0325. The number of nitrogens with one attached hydrogen (secondary N) is 1. The molecule has 1 atom stereocenters. The van der Waals surface area contributed by atoms with Crippen molar-refractivity contribution in [3.05, 3.63) is 45.0 Å². The van der Waals surface area contributed by atoms with Gasteiger partial charge in [-0.15, -0.1) is 0 Å². The molecule has 0 aromatic heterocycles. The molecule has 2 rings (SSSR count). The smallest absolute Gasteiger partial charge is 0.332 e. The number of carbonyl (C=O) groups is 3. The number of rotatable bonds is 5. The van der Waals surface area contributed by atoms with E-state index >= 15 is 0 Å². The Kier molecular flexibility index (Phi) is 5.85. The maximum Gasteiger partial charge on any atom is 0.332 e. The molecule has 1 aliphatic carbocycles. The molecule has 3 N–H and O–H groups in total. The zero-order chi connectivity index (χ0) is 17.9. The number of carboxylic acid groups (broad SMARTS) is 2. The molecule has 0 saturated heterocycles. The molecule has 6 nitrogen and oxygen atoms in total. The number of benzene rings is 1. The normalized spacial score (nSPS) is 15.8. The van der Waals surface area contributed by atoms with E-state index in [1.54, 1.807) is 0 Å². The van der Waals surface area contributed by atoms with Crippen LogP contribution in [0.3, 0.4) is 0 Å². The maximum atomic E-state index is 12.4. The third-order valence-corrected chi connectivity index (χ3v) is 4.36. The molecule has 1 amide bonds. The Balaban J connectivity index is 2.32. The van der Waals surface area contributed by atoms with Crippen molar-refractivity contribution in [3.8, 4) is 0 Å². The van der Waals surface area contributed by atoms with E-state index in [2.05, 4.69) is 5.32 Å². The van der Waals surface area contributed by atoms with Crippen LogP contribution in [-0.4, -0.2) is 28.1 Å². The summed E-state index contributed by atoms with van der Waals surface area (Å²) in [6.45, 7) is 0. The summed E-state index contributed by atoms with van der Waals surface area (Å²) in [5, 5.41) is 21.4. The van der Waals surface area contributed by atoms with Gasteiger partial charge in [-0.05, 0) is 37.8 Å². The van der Waals surface area contributed by atoms with Gasteiger partial charge in [0.25, 0.3) is 0 Å². The maximum absolute atomic E-state index is 12.4. The Hall–Kier alpha value is -2.05. The predicted octanol–water partition coefficient (Wildman–Crippen LogP) is 3.19. The highest BCUT2D eigenvalue weighted by Crippen LogP contribution is 2.29. The number of hydrogen-bond donors (Lipinski definition) is 3. The molecule has 8 heteroatoms. The van der Waals surface area contributed by atoms with E-state index in [1.807, 2.05) is 0 Å². The molecule has 0 saturated carbocycles. The van der Waals surface area contributed by atoms with Crippen molar-refractivity contribution >= 4 is 41.0 Å². The van der Waals surface area contributed by atoms with Crippen LogP contribution in [0.15, 0.2) is 29.3 Å². The summed E-state index contributed by atoms with van der Waals surface area (Å²) in [5.74, 6) is -3.16. The molecule has 0 radical (unpaired) electrons. The van der Waals surface area contributed by atoms with Crippen LogP contribution >= 0.6 is 23.2 Å². The Morgan fingerprint density at radius 3 is 2.21 bits per heavy atom. The monoisotopic (exact) mass is 371 g/mol. The van der Waals surface area contributed by atoms with E-state index in [9.17, 15) is 24.6 Å². The first-order valence-corrected chi connectivity index (χ1v) is 8.00. The highest BCUT2D eigenvalue weighted by molar-refractivity contribution is 6.35. The molecule has 0 bridgehead atoms. The van der Waals surface area contributed by atoms with Crippen molar-refractivity contribution in [1.82, 2.24) is 5.32 Å². The summed E-state index contributed by atoms with van der Waals surface area (Å²) in [4.78, 5) is 35.2. The quantitative estimate of drug-likeness (QED) is 0.737. The zero-order valence-corrected chi connectivity index (χ0v) is 14.0. The molecule has 0 aliphatic heterocycles. The van der Waals surface area contributed by atoms with Gasteiger partial charge >= 0.3 is 11.9 Å². The molecule has 1 unspecified atom stereocenters. The minimum Gasteiger partial charge on any atom is -0.479 e. The first-order chi connectivity index (χ1) is 11.3. The fourth-order valence-corrected chi connectivity index (χ4v) is 3.14. The molecule has 0 fully saturated rings. The van der Waals surface area contributed by atoms with E-state index < -0.39 is 23.9 Å². The third-order valence-electron chi connectivity index (χ3n) is 3.80. The highest BCUT2D eigenvalue weighted by atomic mass is 35.5. The molecule has 0 heterocycles. The summed E-state index contributed by atoms with van der Waals surface area (Å²) >= 11 is 11.8. The fourth-order valence-electron chi connectivity index (χ4n) is 2.62. The number of halogens is 2. The summed E-state index contributed by atoms with van der Waals surface area (Å²) < 4.78 is 0. The molecule has 0 spiro atoms. The number of carboxylic acids is 2. The first kappa shape index (κ1) is 18.3.